The van der Waals surface area contributed by atoms with Crippen LogP contribution in [0.3, 0.4) is 0 Å². The van der Waals surface area contributed by atoms with Gasteiger partial charge in [0.15, 0.2) is 11.4 Å². The number of nitrogens with one attached hydrogen (secondary N) is 1. The van der Waals surface area contributed by atoms with Crippen LogP contribution < -0.4 is 5.32 Å². The lowest BCUT2D eigenvalue weighted by atomic mass is 10.0. The molecule has 0 aliphatic carbocycles. The second-order valence-corrected chi connectivity index (χ2v) is 6.89. The Morgan fingerprint density at radius 2 is 2.30 bits per heavy atom. The van der Waals surface area contributed by atoms with Gasteiger partial charge in [0.05, 0.1) is 18.3 Å². The van der Waals surface area contributed by atoms with Crippen molar-refractivity contribution in [2.24, 2.45) is 7.05 Å². The molecule has 0 radical (unpaired) electrons. The summed E-state index contributed by atoms with van der Waals surface area (Å²) in [5.41, 5.74) is 0.713. The summed E-state index contributed by atoms with van der Waals surface area (Å²) in [6, 6.07) is 5.73. The number of amides is 2. The summed E-state index contributed by atoms with van der Waals surface area (Å²) in [6.07, 6.45) is 2.81. The van der Waals surface area contributed by atoms with Crippen molar-refractivity contribution in [2.75, 3.05) is 13.1 Å². The summed E-state index contributed by atoms with van der Waals surface area (Å²) < 4.78 is 6.97. The molecule has 9 nitrogen and oxygen atoms in total. The van der Waals surface area contributed by atoms with Crippen LogP contribution in [0.4, 0.5) is 4.79 Å². The quantitative estimate of drug-likeness (QED) is 0.717. The van der Waals surface area contributed by atoms with Gasteiger partial charge in [-0.05, 0) is 11.6 Å². The number of carbonyl (C=O) groups excluding carboxylic acids is 1. The Labute approximate surface area is 156 Å². The number of nitrogens with zero attached hydrogens (tertiary/aromatic N) is 5. The van der Waals surface area contributed by atoms with Crippen molar-refractivity contribution in [1.29, 1.82) is 0 Å². The normalized spacial score (nSPS) is 19.7. The summed E-state index contributed by atoms with van der Waals surface area (Å²) in [7, 11) is 1.89. The molecular weight excluding hydrogens is 348 g/mol. The molecule has 1 aliphatic rings. The van der Waals surface area contributed by atoms with Crippen LogP contribution in [0.25, 0.3) is 10.9 Å². The Kier molecular flexibility index (Phi) is 4.31. The summed E-state index contributed by atoms with van der Waals surface area (Å²) >= 11 is 0. The molecule has 2 amide bonds. The Balaban J connectivity index is 1.39. The van der Waals surface area contributed by atoms with Gasteiger partial charge < -0.3 is 19.8 Å². The number of hydrogen-bond acceptors (Lipinski definition) is 6. The van der Waals surface area contributed by atoms with Crippen molar-refractivity contribution in [1.82, 2.24) is 30.1 Å². The van der Waals surface area contributed by atoms with Crippen LogP contribution in [0.15, 0.2) is 28.9 Å². The van der Waals surface area contributed by atoms with E-state index in [1.165, 1.54) is 0 Å². The van der Waals surface area contributed by atoms with Crippen LogP contribution in [0, 0.1) is 0 Å². The third-order valence-corrected chi connectivity index (χ3v) is 4.97. The van der Waals surface area contributed by atoms with Gasteiger partial charge in [0.2, 0.25) is 0 Å². The Bertz CT molecular complexity index is 981. The molecule has 2 N–H and O–H groups in total. The highest BCUT2D eigenvalue weighted by molar-refractivity contribution is 5.79. The van der Waals surface area contributed by atoms with Gasteiger partial charge in [0.1, 0.15) is 0 Å². The molecule has 2 aromatic heterocycles. The third-order valence-electron chi connectivity index (χ3n) is 4.97. The van der Waals surface area contributed by atoms with Crippen molar-refractivity contribution in [3.05, 3.63) is 41.7 Å². The molecule has 3 heterocycles. The van der Waals surface area contributed by atoms with Crippen molar-refractivity contribution in [3.8, 4) is 0 Å². The molecule has 1 aliphatic heterocycles. The Morgan fingerprint density at radius 3 is 3.07 bits per heavy atom. The maximum atomic E-state index is 12.5. The maximum Gasteiger partial charge on any atom is 0.317 e. The largest absolute Gasteiger partial charge is 0.378 e. The highest BCUT2D eigenvalue weighted by Gasteiger charge is 2.44. The van der Waals surface area contributed by atoms with Crippen LogP contribution in [0.1, 0.15) is 30.6 Å². The predicted octanol–water partition coefficient (Wildman–Crippen LogP) is 1.32. The van der Waals surface area contributed by atoms with Crippen LogP contribution in [-0.4, -0.2) is 49.0 Å². The summed E-state index contributed by atoms with van der Waals surface area (Å²) in [5.74, 6) is 0.725. The lowest BCUT2D eigenvalue weighted by Crippen LogP contribution is -2.40. The maximum absolute atomic E-state index is 12.5. The fourth-order valence-electron chi connectivity index (χ4n) is 3.32. The standard InChI is InChI=1S/C18H22N6O3/c1-3-15-21-16(27-22-15)18(26)6-7-24(11-18)17(25)19-9-12-4-5-13-10-20-23(2)14(13)8-12/h4-5,8,10,26H,3,6-7,9,11H2,1-2H3,(H,19,25). The van der Waals surface area contributed by atoms with Gasteiger partial charge in [-0.25, -0.2) is 4.79 Å². The SMILES string of the molecule is CCc1noc(C2(O)CCN(C(=O)NCc3ccc4cnn(C)c4c3)C2)n1. The summed E-state index contributed by atoms with van der Waals surface area (Å²) in [6.45, 7) is 2.86. The zero-order valence-corrected chi connectivity index (χ0v) is 15.3. The van der Waals surface area contributed by atoms with Crippen molar-refractivity contribution < 1.29 is 14.4 Å². The average Bonchev–Trinajstić information content (AvgIpc) is 3.39. The van der Waals surface area contributed by atoms with Crippen LogP contribution >= 0.6 is 0 Å². The predicted molar refractivity (Wildman–Crippen MR) is 96.7 cm³/mol. The molecule has 0 spiro atoms. The number of carbonyl (C=O) groups is 1. The van der Waals surface area contributed by atoms with E-state index in [9.17, 15) is 9.90 Å². The first kappa shape index (κ1) is 17.5. The van der Waals surface area contributed by atoms with E-state index >= 15 is 0 Å². The molecule has 1 saturated heterocycles. The van der Waals surface area contributed by atoms with Crippen molar-refractivity contribution in [2.45, 2.75) is 31.9 Å². The minimum absolute atomic E-state index is 0.130. The number of rotatable bonds is 4. The molecule has 1 atom stereocenters. The molecule has 1 fully saturated rings. The van der Waals surface area contributed by atoms with Crippen LogP contribution in [0.2, 0.25) is 0 Å². The molecule has 27 heavy (non-hydrogen) atoms. The highest BCUT2D eigenvalue weighted by Crippen LogP contribution is 2.30. The van der Waals surface area contributed by atoms with Gasteiger partial charge in [0, 0.05) is 38.4 Å². The van der Waals surface area contributed by atoms with Crippen LogP contribution in [0.5, 0.6) is 0 Å². The smallest absolute Gasteiger partial charge is 0.317 e. The third kappa shape index (κ3) is 3.25. The number of fused-ring (bicyclic) bond motifs is 1. The zero-order valence-electron chi connectivity index (χ0n) is 15.3. The minimum Gasteiger partial charge on any atom is -0.378 e. The number of urea groups is 1. The minimum atomic E-state index is -1.29. The van der Waals surface area contributed by atoms with Crippen LogP contribution in [-0.2, 0) is 25.6 Å². The number of aliphatic hydroxyl groups is 1. The average molecular weight is 370 g/mol. The molecule has 4 rings (SSSR count). The van der Waals surface area contributed by atoms with E-state index in [-0.39, 0.29) is 18.5 Å². The van der Waals surface area contributed by atoms with Crippen molar-refractivity contribution in [3.63, 3.8) is 0 Å². The fraction of sp³-hybridized carbons (Fsp3) is 0.444. The first-order chi connectivity index (χ1) is 13.0. The zero-order chi connectivity index (χ0) is 19.0. The number of likely N-dealkylation sites (tertiary alicyclic amines) is 1. The topological polar surface area (TPSA) is 109 Å². The highest BCUT2D eigenvalue weighted by atomic mass is 16.5. The van der Waals surface area contributed by atoms with E-state index in [0.717, 1.165) is 16.5 Å². The number of aryl methyl sites for hydroxylation is 2. The van der Waals surface area contributed by atoms with E-state index in [4.69, 9.17) is 4.52 Å². The fourth-order valence-corrected chi connectivity index (χ4v) is 3.32. The second kappa shape index (κ2) is 6.66. The first-order valence-corrected chi connectivity index (χ1v) is 8.97. The van der Waals surface area contributed by atoms with E-state index in [1.807, 2.05) is 38.4 Å². The number of hydrogen-bond donors (Lipinski definition) is 2. The number of aromatic nitrogens is 4. The number of β-amino-alcohol motifs (C(OH)–C–C–N with tert-alkyl or cyclic N) is 1. The first-order valence-electron chi connectivity index (χ1n) is 8.97. The summed E-state index contributed by atoms with van der Waals surface area (Å²) in [4.78, 5) is 18.3. The van der Waals surface area contributed by atoms with E-state index < -0.39 is 5.60 Å². The Morgan fingerprint density at radius 1 is 1.44 bits per heavy atom. The molecule has 0 saturated carbocycles. The molecule has 9 heteroatoms. The van der Waals surface area contributed by atoms with Gasteiger partial charge in [-0.1, -0.05) is 24.2 Å². The number of benzene rings is 1. The van der Waals surface area contributed by atoms with Gasteiger partial charge >= 0.3 is 6.03 Å². The van der Waals surface area contributed by atoms with Gasteiger partial charge in [-0.2, -0.15) is 10.1 Å². The monoisotopic (exact) mass is 370 g/mol. The molecule has 1 aromatic carbocycles. The van der Waals surface area contributed by atoms with Gasteiger partial charge in [0.25, 0.3) is 5.89 Å². The Hall–Kier alpha value is -2.94. The summed E-state index contributed by atoms with van der Waals surface area (Å²) in [5, 5.41) is 22.8. The van der Waals surface area contributed by atoms with Gasteiger partial charge in [-0.15, -0.1) is 0 Å². The molecule has 3 aromatic rings. The van der Waals surface area contributed by atoms with Crippen molar-refractivity contribution >= 4 is 16.9 Å². The lowest BCUT2D eigenvalue weighted by molar-refractivity contribution is 0.0167. The van der Waals surface area contributed by atoms with Gasteiger partial charge in [-0.3, -0.25) is 4.68 Å². The van der Waals surface area contributed by atoms with E-state index in [2.05, 4.69) is 20.6 Å². The molecule has 142 valence electrons. The molecule has 1 unspecified atom stereocenters. The molecular formula is C18H22N6O3. The van der Waals surface area contributed by atoms with E-state index in [1.54, 1.807) is 9.58 Å². The van der Waals surface area contributed by atoms with E-state index in [0.29, 0.717) is 31.8 Å². The lowest BCUT2D eigenvalue weighted by Gasteiger charge is -2.20. The second-order valence-electron chi connectivity index (χ2n) is 6.89. The molecule has 0 bridgehead atoms.